The summed E-state index contributed by atoms with van der Waals surface area (Å²) in [7, 11) is 0. The summed E-state index contributed by atoms with van der Waals surface area (Å²) < 4.78 is 22.8. The number of carbonyl (C=O) groups excluding carboxylic acids is 1. The minimum absolute atomic E-state index is 0.0120. The molecule has 34 heavy (non-hydrogen) atoms. The maximum Gasteiger partial charge on any atom is 0.410 e. The number of amides is 1. The topological polar surface area (TPSA) is 86.9 Å². The fourth-order valence-electron chi connectivity index (χ4n) is 3.51. The van der Waals surface area contributed by atoms with Crippen LogP contribution in [0.2, 0.25) is 5.02 Å². The number of nitrogens with zero attached hydrogens (tertiary/aromatic N) is 3. The summed E-state index contributed by atoms with van der Waals surface area (Å²) >= 11 is 6.36. The highest BCUT2D eigenvalue weighted by Crippen LogP contribution is 2.36. The molecule has 0 radical (unpaired) electrons. The molecule has 1 aromatic heterocycles. The fraction of sp³-hybridized carbons (Fsp3) is 0.400. The second-order valence-electron chi connectivity index (χ2n) is 9.28. The zero-order valence-corrected chi connectivity index (χ0v) is 20.7. The number of hydrogen-bond donors (Lipinski definition) is 0. The van der Waals surface area contributed by atoms with E-state index in [0.29, 0.717) is 59.1 Å². The van der Waals surface area contributed by atoms with Gasteiger partial charge in [0.05, 0.1) is 29.8 Å². The molecule has 0 saturated heterocycles. The fourth-order valence-corrected chi connectivity index (χ4v) is 3.74. The SMILES string of the molecule is CC(C)Oc1ccc(-c2nc(-c3cccc4c3OCCN(C(=O)OC(C)(C)C)C4)no2)cc1Cl. The number of hydrogen-bond acceptors (Lipinski definition) is 7. The highest BCUT2D eigenvalue weighted by molar-refractivity contribution is 6.32. The van der Waals surface area contributed by atoms with E-state index in [4.69, 9.17) is 30.3 Å². The van der Waals surface area contributed by atoms with Gasteiger partial charge in [0.1, 0.15) is 23.7 Å². The van der Waals surface area contributed by atoms with Crippen LogP contribution < -0.4 is 9.47 Å². The monoisotopic (exact) mass is 485 g/mol. The highest BCUT2D eigenvalue weighted by atomic mass is 35.5. The molecule has 0 spiro atoms. The molecule has 9 heteroatoms. The molecule has 0 unspecified atom stereocenters. The number of fused-ring (bicyclic) bond motifs is 1. The Morgan fingerprint density at radius 2 is 2.00 bits per heavy atom. The quantitative estimate of drug-likeness (QED) is 0.449. The van der Waals surface area contributed by atoms with Gasteiger partial charge in [-0.3, -0.25) is 0 Å². The smallest absolute Gasteiger partial charge is 0.410 e. The van der Waals surface area contributed by atoms with E-state index in [1.807, 2.05) is 58.9 Å². The Morgan fingerprint density at radius 3 is 2.71 bits per heavy atom. The van der Waals surface area contributed by atoms with Crippen molar-refractivity contribution in [2.24, 2.45) is 0 Å². The number of benzene rings is 2. The zero-order valence-electron chi connectivity index (χ0n) is 19.9. The Labute approximate surface area is 203 Å². The molecule has 0 atom stereocenters. The van der Waals surface area contributed by atoms with Crippen molar-refractivity contribution >= 4 is 17.7 Å². The number of carbonyl (C=O) groups is 1. The molecule has 2 aromatic carbocycles. The van der Waals surface area contributed by atoms with Crippen molar-refractivity contribution in [2.45, 2.75) is 52.9 Å². The van der Waals surface area contributed by atoms with Gasteiger partial charge in [0.25, 0.3) is 5.89 Å². The normalized spacial score (nSPS) is 13.8. The summed E-state index contributed by atoms with van der Waals surface area (Å²) in [6.45, 7) is 10.5. The molecular formula is C25H28ClN3O5. The Hall–Kier alpha value is -3.26. The first-order valence-corrected chi connectivity index (χ1v) is 11.5. The van der Waals surface area contributed by atoms with Crippen LogP contribution in [0.5, 0.6) is 11.5 Å². The highest BCUT2D eigenvalue weighted by Gasteiger charge is 2.27. The number of para-hydroxylation sites is 1. The summed E-state index contributed by atoms with van der Waals surface area (Å²) in [5.41, 5.74) is 1.63. The van der Waals surface area contributed by atoms with Crippen molar-refractivity contribution in [1.29, 1.82) is 0 Å². The van der Waals surface area contributed by atoms with Crippen LogP contribution in [-0.2, 0) is 11.3 Å². The first-order chi connectivity index (χ1) is 16.1. The van der Waals surface area contributed by atoms with Gasteiger partial charge < -0.3 is 23.6 Å². The third-order valence-electron chi connectivity index (χ3n) is 4.93. The first-order valence-electron chi connectivity index (χ1n) is 11.1. The number of ether oxygens (including phenoxy) is 3. The lowest BCUT2D eigenvalue weighted by atomic mass is 10.1. The minimum Gasteiger partial charge on any atom is -0.491 e. The van der Waals surface area contributed by atoms with E-state index in [0.717, 1.165) is 5.56 Å². The molecule has 2 heterocycles. The standard InChI is InChI=1S/C25H28ClN3O5/c1-15(2)32-20-10-9-16(13-19(20)26)23-27-22(28-34-23)18-8-6-7-17-14-29(11-12-31-21(17)18)24(30)33-25(3,4)5/h6-10,13,15H,11-12,14H2,1-5H3. The molecule has 0 fully saturated rings. The predicted octanol–water partition coefficient (Wildman–Crippen LogP) is 5.97. The average molecular weight is 486 g/mol. The van der Waals surface area contributed by atoms with Gasteiger partial charge in [-0.25, -0.2) is 4.79 Å². The van der Waals surface area contributed by atoms with E-state index in [2.05, 4.69) is 10.1 Å². The van der Waals surface area contributed by atoms with Crippen molar-refractivity contribution < 1.29 is 23.5 Å². The third-order valence-corrected chi connectivity index (χ3v) is 5.22. The van der Waals surface area contributed by atoms with Gasteiger partial charge in [-0.2, -0.15) is 4.98 Å². The van der Waals surface area contributed by atoms with Gasteiger partial charge in [-0.1, -0.05) is 28.9 Å². The Balaban J connectivity index is 1.59. The van der Waals surface area contributed by atoms with Crippen molar-refractivity contribution in [3.8, 4) is 34.3 Å². The lowest BCUT2D eigenvalue weighted by Crippen LogP contribution is -2.37. The summed E-state index contributed by atoms with van der Waals surface area (Å²) in [5, 5.41) is 4.62. The van der Waals surface area contributed by atoms with Crippen LogP contribution in [-0.4, -0.2) is 46.0 Å². The Bertz CT molecular complexity index is 1190. The van der Waals surface area contributed by atoms with E-state index in [1.54, 1.807) is 17.0 Å². The van der Waals surface area contributed by atoms with Gasteiger partial charge in [0.15, 0.2) is 0 Å². The number of rotatable bonds is 4. The Kier molecular flexibility index (Phi) is 6.70. The zero-order chi connectivity index (χ0) is 24.5. The molecule has 0 N–H and O–H groups in total. The van der Waals surface area contributed by atoms with E-state index in [9.17, 15) is 4.79 Å². The molecule has 1 aliphatic heterocycles. The molecule has 0 saturated carbocycles. The van der Waals surface area contributed by atoms with Gasteiger partial charge in [-0.05, 0) is 58.9 Å². The second-order valence-corrected chi connectivity index (χ2v) is 9.69. The van der Waals surface area contributed by atoms with E-state index < -0.39 is 5.60 Å². The van der Waals surface area contributed by atoms with Gasteiger partial charge in [-0.15, -0.1) is 0 Å². The maximum atomic E-state index is 12.6. The average Bonchev–Trinajstić information content (AvgIpc) is 3.13. The van der Waals surface area contributed by atoms with Crippen LogP contribution in [0.1, 0.15) is 40.2 Å². The molecule has 1 amide bonds. The molecular weight excluding hydrogens is 458 g/mol. The van der Waals surface area contributed by atoms with Crippen molar-refractivity contribution in [3.63, 3.8) is 0 Å². The molecule has 180 valence electrons. The largest absolute Gasteiger partial charge is 0.491 e. The lowest BCUT2D eigenvalue weighted by Gasteiger charge is -2.26. The molecule has 0 bridgehead atoms. The third kappa shape index (κ3) is 5.44. The maximum absolute atomic E-state index is 12.6. The second kappa shape index (κ2) is 9.54. The Morgan fingerprint density at radius 1 is 1.21 bits per heavy atom. The summed E-state index contributed by atoms with van der Waals surface area (Å²) in [6, 6.07) is 11.0. The van der Waals surface area contributed by atoms with Crippen LogP contribution in [0.25, 0.3) is 22.8 Å². The van der Waals surface area contributed by atoms with E-state index in [1.165, 1.54) is 0 Å². The summed E-state index contributed by atoms with van der Waals surface area (Å²) in [4.78, 5) is 18.8. The van der Waals surface area contributed by atoms with Crippen molar-refractivity contribution in [2.75, 3.05) is 13.2 Å². The molecule has 8 nitrogen and oxygen atoms in total. The molecule has 0 aliphatic carbocycles. The van der Waals surface area contributed by atoms with Crippen LogP contribution in [0.4, 0.5) is 4.79 Å². The van der Waals surface area contributed by atoms with Gasteiger partial charge >= 0.3 is 6.09 Å². The van der Waals surface area contributed by atoms with Gasteiger partial charge in [0.2, 0.25) is 5.82 Å². The molecule has 1 aliphatic rings. The lowest BCUT2D eigenvalue weighted by molar-refractivity contribution is 0.0225. The summed E-state index contributed by atoms with van der Waals surface area (Å²) in [5.74, 6) is 1.93. The van der Waals surface area contributed by atoms with Gasteiger partial charge in [0, 0.05) is 11.1 Å². The summed E-state index contributed by atoms with van der Waals surface area (Å²) in [6.07, 6.45) is -0.365. The molecule has 3 aromatic rings. The minimum atomic E-state index is -0.571. The van der Waals surface area contributed by atoms with Crippen LogP contribution in [0.15, 0.2) is 40.9 Å². The van der Waals surface area contributed by atoms with Crippen LogP contribution in [0, 0.1) is 0 Å². The van der Waals surface area contributed by atoms with Crippen LogP contribution in [0.3, 0.4) is 0 Å². The van der Waals surface area contributed by atoms with E-state index >= 15 is 0 Å². The van der Waals surface area contributed by atoms with Crippen LogP contribution >= 0.6 is 11.6 Å². The van der Waals surface area contributed by atoms with Crippen molar-refractivity contribution in [1.82, 2.24) is 15.0 Å². The first kappa shape index (κ1) is 23.9. The van der Waals surface area contributed by atoms with Crippen molar-refractivity contribution in [3.05, 3.63) is 47.0 Å². The van der Waals surface area contributed by atoms with E-state index in [-0.39, 0.29) is 12.2 Å². The number of halogens is 1. The number of aromatic nitrogens is 2. The molecule has 4 rings (SSSR count). The predicted molar refractivity (Wildman–Crippen MR) is 128 cm³/mol.